The number of aromatic nitrogens is 2. The Hall–Kier alpha value is -1.89. The summed E-state index contributed by atoms with van der Waals surface area (Å²) in [6, 6.07) is 4.27. The zero-order chi connectivity index (χ0) is 13.1. The first-order chi connectivity index (χ1) is 8.61. The third-order valence-electron chi connectivity index (χ3n) is 2.22. The van der Waals surface area contributed by atoms with E-state index in [1.165, 1.54) is 25.6 Å². The molecule has 0 aliphatic heterocycles. The van der Waals surface area contributed by atoms with E-state index < -0.39 is 0 Å². The number of nitrogens with one attached hydrogen (secondary N) is 1. The lowest BCUT2D eigenvalue weighted by Gasteiger charge is -2.11. The van der Waals surface area contributed by atoms with E-state index in [9.17, 15) is 4.39 Å². The van der Waals surface area contributed by atoms with E-state index in [-0.39, 0.29) is 17.4 Å². The van der Waals surface area contributed by atoms with Crippen molar-refractivity contribution in [2.24, 2.45) is 0 Å². The van der Waals surface area contributed by atoms with Crippen molar-refractivity contribution in [3.05, 3.63) is 34.8 Å². The molecule has 18 heavy (non-hydrogen) atoms. The first-order valence-electron chi connectivity index (χ1n) is 4.98. The van der Waals surface area contributed by atoms with Crippen molar-refractivity contribution in [3.8, 4) is 5.88 Å². The summed E-state index contributed by atoms with van der Waals surface area (Å²) in [5.74, 6) is 0.258. The van der Waals surface area contributed by atoms with Crippen LogP contribution in [0.1, 0.15) is 0 Å². The van der Waals surface area contributed by atoms with Gasteiger partial charge in [-0.15, -0.1) is 0 Å². The number of nitrogen functional groups attached to an aromatic ring is 1. The van der Waals surface area contributed by atoms with Gasteiger partial charge in [0.15, 0.2) is 5.82 Å². The molecule has 0 aliphatic carbocycles. The topological polar surface area (TPSA) is 73.1 Å². The molecule has 0 amide bonds. The molecular weight excluding hydrogens is 303 g/mol. The van der Waals surface area contributed by atoms with E-state index in [1.807, 2.05) is 0 Å². The van der Waals surface area contributed by atoms with Crippen molar-refractivity contribution in [1.82, 2.24) is 9.97 Å². The highest BCUT2D eigenvalue weighted by molar-refractivity contribution is 9.10. The van der Waals surface area contributed by atoms with E-state index in [2.05, 4.69) is 31.2 Å². The van der Waals surface area contributed by atoms with Crippen LogP contribution >= 0.6 is 15.9 Å². The van der Waals surface area contributed by atoms with Crippen LogP contribution in [-0.4, -0.2) is 17.1 Å². The molecule has 0 spiro atoms. The van der Waals surface area contributed by atoms with E-state index >= 15 is 0 Å². The number of nitrogens with zero attached hydrogens (tertiary/aromatic N) is 2. The predicted octanol–water partition coefficient (Wildman–Crippen LogP) is 2.71. The normalized spacial score (nSPS) is 10.2. The molecule has 0 fully saturated rings. The van der Waals surface area contributed by atoms with Gasteiger partial charge in [0.2, 0.25) is 5.88 Å². The first-order valence-corrected chi connectivity index (χ1v) is 5.77. The summed E-state index contributed by atoms with van der Waals surface area (Å²) in [5.41, 5.74) is 6.58. The average molecular weight is 313 g/mol. The standard InChI is InChI=1S/C11H10BrFN4O/c1-18-11-9(14)10(15-5-16-11)17-8-4-6(13)2-3-7(8)12/h2-5H,14H2,1H3,(H,15,16,17). The van der Waals surface area contributed by atoms with Crippen LogP contribution in [0.3, 0.4) is 0 Å². The number of anilines is 3. The summed E-state index contributed by atoms with van der Waals surface area (Å²) in [6.07, 6.45) is 1.31. The van der Waals surface area contributed by atoms with Crippen LogP contribution in [0.5, 0.6) is 5.88 Å². The Morgan fingerprint density at radius 2 is 2.17 bits per heavy atom. The largest absolute Gasteiger partial charge is 0.479 e. The lowest BCUT2D eigenvalue weighted by atomic mass is 10.3. The highest BCUT2D eigenvalue weighted by Crippen LogP contribution is 2.30. The second-order valence-electron chi connectivity index (χ2n) is 3.39. The van der Waals surface area contributed by atoms with Crippen molar-refractivity contribution in [2.45, 2.75) is 0 Å². The summed E-state index contributed by atoms with van der Waals surface area (Å²) < 4.78 is 18.8. The van der Waals surface area contributed by atoms with Crippen LogP contribution in [0.25, 0.3) is 0 Å². The number of methoxy groups -OCH3 is 1. The third kappa shape index (κ3) is 2.51. The SMILES string of the molecule is COc1ncnc(Nc2cc(F)ccc2Br)c1N. The van der Waals surface area contributed by atoms with Gasteiger partial charge >= 0.3 is 0 Å². The van der Waals surface area contributed by atoms with Gasteiger partial charge in [-0.3, -0.25) is 0 Å². The molecule has 7 heteroatoms. The fourth-order valence-electron chi connectivity index (χ4n) is 1.36. The van der Waals surface area contributed by atoms with Gasteiger partial charge < -0.3 is 15.8 Å². The van der Waals surface area contributed by atoms with E-state index in [4.69, 9.17) is 10.5 Å². The van der Waals surface area contributed by atoms with Crippen LogP contribution in [-0.2, 0) is 0 Å². The molecule has 0 atom stereocenters. The predicted molar refractivity (Wildman–Crippen MR) is 70.4 cm³/mol. The minimum atomic E-state index is -0.361. The average Bonchev–Trinajstić information content (AvgIpc) is 2.36. The zero-order valence-corrected chi connectivity index (χ0v) is 11.0. The van der Waals surface area contributed by atoms with Crippen LogP contribution in [0.4, 0.5) is 21.6 Å². The van der Waals surface area contributed by atoms with E-state index in [0.29, 0.717) is 16.0 Å². The number of benzene rings is 1. The molecule has 94 valence electrons. The molecule has 2 rings (SSSR count). The molecule has 1 aromatic carbocycles. The summed E-state index contributed by atoms with van der Waals surface area (Å²) in [5, 5.41) is 2.91. The molecule has 5 nitrogen and oxygen atoms in total. The monoisotopic (exact) mass is 312 g/mol. The van der Waals surface area contributed by atoms with Crippen molar-refractivity contribution < 1.29 is 9.13 Å². The summed E-state index contributed by atoms with van der Waals surface area (Å²) in [6.45, 7) is 0. The Balaban J connectivity index is 2.37. The molecule has 0 radical (unpaired) electrons. The highest BCUT2D eigenvalue weighted by Gasteiger charge is 2.10. The maximum Gasteiger partial charge on any atom is 0.242 e. The first kappa shape index (κ1) is 12.6. The van der Waals surface area contributed by atoms with Crippen LogP contribution in [0.15, 0.2) is 29.0 Å². The minimum Gasteiger partial charge on any atom is -0.479 e. The molecule has 3 N–H and O–H groups in total. The molecule has 0 bridgehead atoms. The van der Waals surface area contributed by atoms with E-state index in [1.54, 1.807) is 6.07 Å². The van der Waals surface area contributed by atoms with E-state index in [0.717, 1.165) is 0 Å². The maximum absolute atomic E-state index is 13.1. The number of hydrogen-bond donors (Lipinski definition) is 2. The van der Waals surface area contributed by atoms with Crippen molar-refractivity contribution in [1.29, 1.82) is 0 Å². The lowest BCUT2D eigenvalue weighted by molar-refractivity contribution is 0.399. The van der Waals surface area contributed by atoms with Crippen LogP contribution in [0.2, 0.25) is 0 Å². The van der Waals surface area contributed by atoms with Crippen LogP contribution < -0.4 is 15.8 Å². The van der Waals surface area contributed by atoms with Gasteiger partial charge in [0.25, 0.3) is 0 Å². The van der Waals surface area contributed by atoms with Gasteiger partial charge in [-0.1, -0.05) is 0 Å². The Bertz CT molecular complexity index is 579. The van der Waals surface area contributed by atoms with Crippen molar-refractivity contribution >= 4 is 33.1 Å². The van der Waals surface area contributed by atoms with Gasteiger partial charge in [0.05, 0.1) is 12.8 Å². The van der Waals surface area contributed by atoms with Crippen LogP contribution in [0, 0.1) is 5.82 Å². The smallest absolute Gasteiger partial charge is 0.242 e. The summed E-state index contributed by atoms with van der Waals surface area (Å²) in [7, 11) is 1.46. The van der Waals surface area contributed by atoms with Crippen molar-refractivity contribution in [3.63, 3.8) is 0 Å². The maximum atomic E-state index is 13.1. The Kier molecular flexibility index (Phi) is 3.61. The lowest BCUT2D eigenvalue weighted by Crippen LogP contribution is -2.03. The fraction of sp³-hybridized carbons (Fsp3) is 0.0909. The molecule has 1 heterocycles. The number of nitrogens with two attached hydrogens (primary N) is 1. The molecule has 0 unspecified atom stereocenters. The van der Waals surface area contributed by atoms with Gasteiger partial charge in [-0.25, -0.2) is 9.37 Å². The van der Waals surface area contributed by atoms with Gasteiger partial charge in [0.1, 0.15) is 17.8 Å². The molecular formula is C11H10BrFN4O. The molecule has 0 aliphatic rings. The summed E-state index contributed by atoms with van der Waals surface area (Å²) in [4.78, 5) is 7.84. The molecule has 2 aromatic rings. The minimum absolute atomic E-state index is 0.260. The second kappa shape index (κ2) is 5.18. The Labute approximate surface area is 111 Å². The summed E-state index contributed by atoms with van der Waals surface area (Å²) >= 11 is 3.30. The van der Waals surface area contributed by atoms with Gasteiger partial charge in [-0.05, 0) is 34.1 Å². The number of hydrogen-bond acceptors (Lipinski definition) is 5. The fourth-order valence-corrected chi connectivity index (χ4v) is 1.71. The van der Waals surface area contributed by atoms with Crippen molar-refractivity contribution in [2.75, 3.05) is 18.2 Å². The highest BCUT2D eigenvalue weighted by atomic mass is 79.9. The number of ether oxygens (including phenoxy) is 1. The Morgan fingerprint density at radius 3 is 2.89 bits per heavy atom. The molecule has 0 saturated heterocycles. The second-order valence-corrected chi connectivity index (χ2v) is 4.25. The zero-order valence-electron chi connectivity index (χ0n) is 9.45. The molecule has 1 aromatic heterocycles. The number of rotatable bonds is 3. The molecule has 0 saturated carbocycles. The third-order valence-corrected chi connectivity index (χ3v) is 2.91. The Morgan fingerprint density at radius 1 is 1.39 bits per heavy atom. The van der Waals surface area contributed by atoms with Gasteiger partial charge in [-0.2, -0.15) is 4.98 Å². The number of halogens is 2. The van der Waals surface area contributed by atoms with Gasteiger partial charge in [0, 0.05) is 4.47 Å². The quantitative estimate of drug-likeness (QED) is 0.911.